The first-order valence-electron chi connectivity index (χ1n) is 1.07. The molecule has 0 aromatic heterocycles. The number of carboxylic acid groups (broad SMARTS) is 2. The van der Waals surface area contributed by atoms with Gasteiger partial charge in [0.15, 0.2) is 0 Å². The van der Waals surface area contributed by atoms with Crippen molar-refractivity contribution >= 4 is 11.9 Å². The van der Waals surface area contributed by atoms with Gasteiger partial charge < -0.3 is 19.8 Å². The third-order valence-corrected chi connectivity index (χ3v) is 0.167. The van der Waals surface area contributed by atoms with Crippen molar-refractivity contribution in [2.75, 3.05) is 0 Å². The van der Waals surface area contributed by atoms with Crippen LogP contribution >= 0.6 is 0 Å². The van der Waals surface area contributed by atoms with Gasteiger partial charge in [0.05, 0.1) is 11.9 Å². The quantitative estimate of drug-likeness (QED) is 0.423. The van der Waals surface area contributed by atoms with Crippen molar-refractivity contribution in [2.45, 2.75) is 0 Å². The Hall–Kier alpha value is 0.459. The standard InChI is InChI=1S/C2H2O4.Yb/c3-1(4)2(5)6;/h(H,3,4)(H,5,6);/q;+3/p-2. The molecule has 4 nitrogen and oxygen atoms in total. The van der Waals surface area contributed by atoms with Crippen LogP contribution in [0.4, 0.5) is 0 Å². The Morgan fingerprint density at radius 1 is 1.00 bits per heavy atom. The van der Waals surface area contributed by atoms with Gasteiger partial charge in [-0.1, -0.05) is 0 Å². The van der Waals surface area contributed by atoms with Crippen LogP contribution in [0.25, 0.3) is 0 Å². The Kier molecular flexibility index (Phi) is 6.88. The first-order chi connectivity index (χ1) is 2.64. The number of aliphatic carboxylic acids is 2. The average Bonchev–Trinajstić information content (AvgIpc) is 1.36. The molecule has 0 aromatic carbocycles. The predicted molar refractivity (Wildman–Crippen MR) is 10.0 cm³/mol. The molecule has 0 spiro atoms. The molecule has 0 heterocycles. The fraction of sp³-hybridized carbons (Fsp3) is 0. The maximum atomic E-state index is 8.93. The van der Waals surface area contributed by atoms with Crippen molar-refractivity contribution in [3.63, 3.8) is 0 Å². The zero-order valence-electron chi connectivity index (χ0n) is 2.90. The molecule has 0 rings (SSSR count). The second-order valence-electron chi connectivity index (χ2n) is 0.575. The zero-order valence-corrected chi connectivity index (χ0v) is 4.62. The smallest absolute Gasteiger partial charge is 0.543 e. The number of hydrogen-bond donors (Lipinski definition) is 0. The number of rotatable bonds is 0. The summed E-state index contributed by atoms with van der Waals surface area (Å²) in [7, 11) is 0. The summed E-state index contributed by atoms with van der Waals surface area (Å²) in [5.74, 6) is -4.37. The molecule has 0 unspecified atom stereocenters. The normalized spacial score (nSPS) is 6.29. The van der Waals surface area contributed by atoms with Gasteiger partial charge in [-0.15, -0.1) is 0 Å². The number of carboxylic acids is 2. The first-order valence-corrected chi connectivity index (χ1v) is 1.07. The van der Waals surface area contributed by atoms with Crippen molar-refractivity contribution in [2.24, 2.45) is 0 Å². The van der Waals surface area contributed by atoms with E-state index in [0.29, 0.717) is 0 Å². The molecule has 0 bridgehead atoms. The molecule has 0 saturated heterocycles. The van der Waals surface area contributed by atoms with E-state index in [1.807, 2.05) is 0 Å². The fourth-order valence-electron chi connectivity index (χ4n) is 0. The van der Waals surface area contributed by atoms with Crippen molar-refractivity contribution in [1.29, 1.82) is 0 Å². The van der Waals surface area contributed by atoms with E-state index in [2.05, 4.69) is 0 Å². The molecule has 1 radical (unpaired) electrons. The van der Waals surface area contributed by atoms with E-state index in [4.69, 9.17) is 19.8 Å². The van der Waals surface area contributed by atoms with Crippen LogP contribution in [0.15, 0.2) is 0 Å². The van der Waals surface area contributed by atoms with E-state index in [9.17, 15) is 0 Å². The summed E-state index contributed by atoms with van der Waals surface area (Å²) < 4.78 is 0. The average molecular weight is 261 g/mol. The number of carbonyl (C=O) groups is 2. The van der Waals surface area contributed by atoms with Crippen LogP contribution in [-0.2, 0) is 9.59 Å². The van der Waals surface area contributed by atoms with Gasteiger partial charge in [0.2, 0.25) is 0 Å². The number of carbonyl (C=O) groups excluding carboxylic acids is 2. The van der Waals surface area contributed by atoms with Crippen LogP contribution in [0.2, 0.25) is 0 Å². The Morgan fingerprint density at radius 3 is 1.14 bits per heavy atom. The molecule has 45 valence electrons. The predicted octanol–water partition coefficient (Wildman–Crippen LogP) is -3.51. The summed E-state index contributed by atoms with van der Waals surface area (Å²) in [6.45, 7) is 0. The molecule has 0 aliphatic carbocycles. The van der Waals surface area contributed by atoms with E-state index in [0.717, 1.165) is 0 Å². The maximum Gasteiger partial charge on any atom is 3.00 e. The fourth-order valence-corrected chi connectivity index (χ4v) is 0. The van der Waals surface area contributed by atoms with Crippen LogP contribution in [0.5, 0.6) is 0 Å². The third-order valence-electron chi connectivity index (χ3n) is 0.167. The van der Waals surface area contributed by atoms with Crippen molar-refractivity contribution in [3.8, 4) is 0 Å². The molecule has 0 aliphatic rings. The Labute approximate surface area is 77.8 Å². The molecule has 0 aliphatic heterocycles. The Bertz CT molecular complexity index is 75.7. The maximum absolute atomic E-state index is 8.93. The Morgan fingerprint density at radius 2 is 1.14 bits per heavy atom. The van der Waals surface area contributed by atoms with Crippen LogP contribution in [0.1, 0.15) is 0 Å². The molecule has 7 heavy (non-hydrogen) atoms. The van der Waals surface area contributed by atoms with E-state index < -0.39 is 11.9 Å². The van der Waals surface area contributed by atoms with Crippen molar-refractivity contribution in [3.05, 3.63) is 0 Å². The van der Waals surface area contributed by atoms with Crippen LogP contribution in [0.3, 0.4) is 0 Å². The van der Waals surface area contributed by atoms with Crippen molar-refractivity contribution in [1.82, 2.24) is 0 Å². The van der Waals surface area contributed by atoms with Gasteiger partial charge in [0, 0.05) is 0 Å². The summed E-state index contributed by atoms with van der Waals surface area (Å²) in [5, 5.41) is 17.9. The van der Waals surface area contributed by atoms with Gasteiger partial charge in [-0.3, -0.25) is 0 Å². The van der Waals surface area contributed by atoms with E-state index >= 15 is 0 Å². The number of hydrogen-bond acceptors (Lipinski definition) is 4. The molecule has 0 N–H and O–H groups in total. The molecule has 0 fully saturated rings. The second kappa shape index (κ2) is 4.61. The third kappa shape index (κ3) is 6.46. The second-order valence-corrected chi connectivity index (χ2v) is 0.575. The molecule has 0 atom stereocenters. The summed E-state index contributed by atoms with van der Waals surface area (Å²) >= 11 is 0. The molecule has 0 saturated carbocycles. The van der Waals surface area contributed by atoms with Gasteiger partial charge in [-0.25, -0.2) is 0 Å². The minimum Gasteiger partial charge on any atom is -0.543 e. The molecular formula is C2O4Yb+. The zero-order chi connectivity index (χ0) is 5.15. The van der Waals surface area contributed by atoms with E-state index in [1.54, 1.807) is 0 Å². The summed E-state index contributed by atoms with van der Waals surface area (Å²) in [6, 6.07) is 0. The Balaban J connectivity index is 0. The monoisotopic (exact) mass is 262 g/mol. The molecule has 0 amide bonds. The SMILES string of the molecule is O=C([O-])C(=O)[O-].[Yb+3]. The van der Waals surface area contributed by atoms with Gasteiger partial charge in [-0.05, 0) is 0 Å². The van der Waals surface area contributed by atoms with Crippen LogP contribution in [-0.4, -0.2) is 11.9 Å². The summed E-state index contributed by atoms with van der Waals surface area (Å²) in [5.41, 5.74) is 0. The van der Waals surface area contributed by atoms with E-state index in [-0.39, 0.29) is 46.9 Å². The molecular weight excluding hydrogens is 261 g/mol. The minimum atomic E-state index is -2.19. The van der Waals surface area contributed by atoms with Gasteiger partial charge in [0.25, 0.3) is 0 Å². The van der Waals surface area contributed by atoms with E-state index in [1.165, 1.54) is 0 Å². The van der Waals surface area contributed by atoms with Gasteiger partial charge >= 0.3 is 46.9 Å². The minimum absolute atomic E-state index is 0. The van der Waals surface area contributed by atoms with Crippen LogP contribution in [0, 0.1) is 46.9 Å². The van der Waals surface area contributed by atoms with Crippen LogP contribution < -0.4 is 10.2 Å². The summed E-state index contributed by atoms with van der Waals surface area (Å²) in [4.78, 5) is 17.9. The van der Waals surface area contributed by atoms with Crippen molar-refractivity contribution < 1.29 is 66.7 Å². The first kappa shape index (κ1) is 10.4. The molecule has 0 aromatic rings. The topological polar surface area (TPSA) is 80.3 Å². The van der Waals surface area contributed by atoms with Gasteiger partial charge in [0.1, 0.15) is 0 Å². The molecule has 5 heteroatoms. The summed E-state index contributed by atoms with van der Waals surface area (Å²) in [6.07, 6.45) is 0. The largest absolute Gasteiger partial charge is 3.00 e. The van der Waals surface area contributed by atoms with Gasteiger partial charge in [-0.2, -0.15) is 0 Å².